The first-order valence-electron chi connectivity index (χ1n) is 4.79. The molecule has 0 aromatic carbocycles. The van der Waals surface area contributed by atoms with E-state index in [1.54, 1.807) is 0 Å². The quantitative estimate of drug-likeness (QED) is 0.615. The first-order chi connectivity index (χ1) is 6.95. The van der Waals surface area contributed by atoms with E-state index in [1.807, 2.05) is 12.4 Å². The van der Waals surface area contributed by atoms with E-state index in [4.69, 9.17) is 0 Å². The van der Waals surface area contributed by atoms with Crippen molar-refractivity contribution in [1.82, 2.24) is 10.2 Å². The third-order valence-corrected chi connectivity index (χ3v) is 2.83. The van der Waals surface area contributed by atoms with Gasteiger partial charge in [0.2, 0.25) is 0 Å². The summed E-state index contributed by atoms with van der Waals surface area (Å²) in [5.74, 6) is 0.951. The number of hydrogen-bond acceptors (Lipinski definition) is 2. The van der Waals surface area contributed by atoms with Gasteiger partial charge in [0.25, 0.3) is 0 Å². The highest BCUT2D eigenvalue weighted by molar-refractivity contribution is 5.59. The minimum absolute atomic E-state index is 0.454. The van der Waals surface area contributed by atoms with Gasteiger partial charge in [-0.05, 0) is 11.1 Å². The minimum atomic E-state index is 0.454. The lowest BCUT2D eigenvalue weighted by Gasteiger charge is -2.26. The second-order valence-corrected chi connectivity index (χ2v) is 3.63. The lowest BCUT2D eigenvalue weighted by atomic mass is 9.78. The summed E-state index contributed by atoms with van der Waals surface area (Å²) in [7, 11) is 0. The van der Waals surface area contributed by atoms with Gasteiger partial charge in [-0.3, -0.25) is 0 Å². The summed E-state index contributed by atoms with van der Waals surface area (Å²) in [6.07, 6.45) is 16.7. The van der Waals surface area contributed by atoms with Crippen molar-refractivity contribution in [3.63, 3.8) is 0 Å². The molecule has 0 spiro atoms. The fourth-order valence-electron chi connectivity index (χ4n) is 2.09. The highest BCUT2D eigenvalue weighted by Crippen LogP contribution is 2.36. The Morgan fingerprint density at radius 3 is 2.79 bits per heavy atom. The summed E-state index contributed by atoms with van der Waals surface area (Å²) < 4.78 is 0. The van der Waals surface area contributed by atoms with Crippen LogP contribution in [-0.4, -0.2) is 10.2 Å². The van der Waals surface area contributed by atoms with Crippen LogP contribution in [0.2, 0.25) is 0 Å². The normalized spacial score (nSPS) is 27.1. The summed E-state index contributed by atoms with van der Waals surface area (Å²) in [6, 6.07) is 0. The zero-order valence-electron chi connectivity index (χ0n) is 7.67. The molecule has 1 aromatic heterocycles. The van der Waals surface area contributed by atoms with E-state index in [2.05, 4.69) is 46.7 Å². The van der Waals surface area contributed by atoms with Crippen molar-refractivity contribution >= 4 is 6.08 Å². The number of nitrogens with zero attached hydrogens (tertiary/aromatic N) is 2. The maximum Gasteiger partial charge on any atom is 0.0571 e. The Labute approximate surface area is 82.7 Å². The smallest absolute Gasteiger partial charge is 0.0571 e. The third kappa shape index (κ3) is 1.04. The fourth-order valence-corrected chi connectivity index (χ4v) is 2.09. The zero-order chi connectivity index (χ0) is 9.38. The second kappa shape index (κ2) is 2.91. The van der Waals surface area contributed by atoms with E-state index < -0.39 is 0 Å². The molecule has 2 aliphatic rings. The zero-order valence-corrected chi connectivity index (χ0v) is 7.67. The lowest BCUT2D eigenvalue weighted by Crippen LogP contribution is -2.13. The first-order valence-corrected chi connectivity index (χ1v) is 4.79. The van der Waals surface area contributed by atoms with Crippen LogP contribution in [0.15, 0.2) is 42.8 Å². The molecule has 2 aliphatic carbocycles. The highest BCUT2D eigenvalue weighted by Gasteiger charge is 2.23. The van der Waals surface area contributed by atoms with Crippen LogP contribution in [0.3, 0.4) is 0 Å². The molecule has 3 rings (SSSR count). The van der Waals surface area contributed by atoms with Gasteiger partial charge in [0, 0.05) is 11.8 Å². The van der Waals surface area contributed by atoms with Gasteiger partial charge in [0.05, 0.1) is 12.4 Å². The summed E-state index contributed by atoms with van der Waals surface area (Å²) >= 11 is 0. The van der Waals surface area contributed by atoms with Gasteiger partial charge in [-0.1, -0.05) is 36.5 Å². The van der Waals surface area contributed by atoms with Crippen LogP contribution in [0.25, 0.3) is 6.08 Å². The minimum Gasteiger partial charge on any atom is -0.159 e. The molecular weight excluding hydrogens is 172 g/mol. The molecule has 2 atom stereocenters. The monoisotopic (exact) mass is 182 g/mol. The molecule has 68 valence electrons. The predicted octanol–water partition coefficient (Wildman–Crippen LogP) is 2.33. The molecule has 0 saturated carbocycles. The molecular formula is C12H10N2. The first kappa shape index (κ1) is 7.68. The molecule has 2 heteroatoms. The van der Waals surface area contributed by atoms with Gasteiger partial charge in [-0.25, -0.2) is 0 Å². The van der Waals surface area contributed by atoms with Crippen molar-refractivity contribution < 1.29 is 0 Å². The van der Waals surface area contributed by atoms with E-state index in [9.17, 15) is 0 Å². The number of hydrogen-bond donors (Lipinski definition) is 0. The molecule has 0 radical (unpaired) electrons. The Balaban J connectivity index is 2.15. The SMILES string of the molecule is C1=CC2C=Cc3cnncc3C2C=C1. The van der Waals surface area contributed by atoms with E-state index in [0.717, 1.165) is 0 Å². The van der Waals surface area contributed by atoms with Crippen molar-refractivity contribution in [2.24, 2.45) is 5.92 Å². The predicted molar refractivity (Wildman–Crippen MR) is 55.6 cm³/mol. The summed E-state index contributed by atoms with van der Waals surface area (Å²) in [5.41, 5.74) is 2.48. The molecule has 0 saturated heterocycles. The molecule has 0 aliphatic heterocycles. The summed E-state index contributed by atoms with van der Waals surface area (Å²) in [5, 5.41) is 7.84. The summed E-state index contributed by atoms with van der Waals surface area (Å²) in [6.45, 7) is 0. The van der Waals surface area contributed by atoms with Crippen molar-refractivity contribution in [3.8, 4) is 0 Å². The van der Waals surface area contributed by atoms with Gasteiger partial charge in [0.1, 0.15) is 0 Å². The maximum atomic E-state index is 3.95. The van der Waals surface area contributed by atoms with E-state index in [-0.39, 0.29) is 0 Å². The molecule has 0 N–H and O–H groups in total. The third-order valence-electron chi connectivity index (χ3n) is 2.83. The Morgan fingerprint density at radius 1 is 0.929 bits per heavy atom. The Bertz CT molecular complexity index is 443. The van der Waals surface area contributed by atoms with Gasteiger partial charge < -0.3 is 0 Å². The van der Waals surface area contributed by atoms with Crippen LogP contribution in [0.4, 0.5) is 0 Å². The van der Waals surface area contributed by atoms with E-state index in [0.29, 0.717) is 11.8 Å². The molecule has 2 unspecified atom stereocenters. The standard InChI is InChI=1S/C12H10N2/c1-2-4-11-9(3-1)5-6-10-7-13-14-8-12(10)11/h1-9,11H. The van der Waals surface area contributed by atoms with Crippen LogP contribution in [-0.2, 0) is 0 Å². The van der Waals surface area contributed by atoms with E-state index in [1.165, 1.54) is 11.1 Å². The maximum absolute atomic E-state index is 3.95. The highest BCUT2D eigenvalue weighted by atomic mass is 15.1. The molecule has 0 bridgehead atoms. The average molecular weight is 182 g/mol. The molecule has 1 aromatic rings. The van der Waals surface area contributed by atoms with Crippen LogP contribution in [0.1, 0.15) is 17.0 Å². The van der Waals surface area contributed by atoms with Crippen molar-refractivity contribution in [2.45, 2.75) is 5.92 Å². The van der Waals surface area contributed by atoms with Gasteiger partial charge in [0.15, 0.2) is 0 Å². The Morgan fingerprint density at radius 2 is 1.79 bits per heavy atom. The number of allylic oxidation sites excluding steroid dienone is 5. The largest absolute Gasteiger partial charge is 0.159 e. The van der Waals surface area contributed by atoms with Crippen LogP contribution in [0.5, 0.6) is 0 Å². The van der Waals surface area contributed by atoms with Crippen molar-refractivity contribution in [2.75, 3.05) is 0 Å². The van der Waals surface area contributed by atoms with E-state index >= 15 is 0 Å². The molecule has 1 heterocycles. The van der Waals surface area contributed by atoms with Crippen molar-refractivity contribution in [3.05, 3.63) is 53.9 Å². The van der Waals surface area contributed by atoms with Crippen LogP contribution < -0.4 is 0 Å². The fraction of sp³-hybridized carbons (Fsp3) is 0.167. The topological polar surface area (TPSA) is 25.8 Å². The van der Waals surface area contributed by atoms with Gasteiger partial charge in [-0.2, -0.15) is 10.2 Å². The van der Waals surface area contributed by atoms with Crippen LogP contribution in [0, 0.1) is 5.92 Å². The number of aromatic nitrogens is 2. The molecule has 14 heavy (non-hydrogen) atoms. The second-order valence-electron chi connectivity index (χ2n) is 3.63. The Kier molecular flexibility index (Phi) is 1.60. The lowest BCUT2D eigenvalue weighted by molar-refractivity contribution is 0.684. The Hall–Kier alpha value is -1.70. The molecule has 0 amide bonds. The van der Waals surface area contributed by atoms with Gasteiger partial charge >= 0.3 is 0 Å². The molecule has 2 nitrogen and oxygen atoms in total. The molecule has 0 fully saturated rings. The van der Waals surface area contributed by atoms with Crippen molar-refractivity contribution in [1.29, 1.82) is 0 Å². The number of fused-ring (bicyclic) bond motifs is 3. The summed E-state index contributed by atoms with van der Waals surface area (Å²) in [4.78, 5) is 0. The number of rotatable bonds is 0. The average Bonchev–Trinajstić information content (AvgIpc) is 2.29. The van der Waals surface area contributed by atoms with Gasteiger partial charge in [-0.15, -0.1) is 0 Å². The van der Waals surface area contributed by atoms with Crippen LogP contribution >= 0.6 is 0 Å².